The zero-order chi connectivity index (χ0) is 13.2. The van der Waals surface area contributed by atoms with Crippen LogP contribution >= 0.6 is 0 Å². The normalized spacial score (nSPS) is 13.8. The maximum atomic E-state index is 9.29. The van der Waals surface area contributed by atoms with Crippen LogP contribution in [0, 0.1) is 11.3 Å². The van der Waals surface area contributed by atoms with Gasteiger partial charge in [0.15, 0.2) is 0 Å². The highest BCUT2D eigenvalue weighted by Crippen LogP contribution is 2.02. The van der Waals surface area contributed by atoms with Gasteiger partial charge in [-0.2, -0.15) is 5.26 Å². The number of nitrogens with zero attached hydrogens (tertiary/aromatic N) is 1. The van der Waals surface area contributed by atoms with Gasteiger partial charge in [0, 0.05) is 12.6 Å². The van der Waals surface area contributed by atoms with E-state index in [1.54, 1.807) is 6.92 Å². The van der Waals surface area contributed by atoms with Gasteiger partial charge in [-0.1, -0.05) is 30.3 Å². The minimum absolute atomic E-state index is 0.0217. The van der Waals surface area contributed by atoms with Crippen LogP contribution in [0.1, 0.15) is 12.5 Å². The minimum Gasteiger partial charge on any atom is -0.395 e. The molecule has 0 radical (unpaired) electrons. The zero-order valence-corrected chi connectivity index (χ0v) is 10.7. The van der Waals surface area contributed by atoms with Crippen molar-refractivity contribution in [2.45, 2.75) is 25.5 Å². The van der Waals surface area contributed by atoms with Crippen LogP contribution < -0.4 is 5.32 Å². The first kappa shape index (κ1) is 14.7. The van der Waals surface area contributed by atoms with Gasteiger partial charge in [-0.25, -0.2) is 0 Å². The molecule has 0 heterocycles. The predicted octanol–water partition coefficient (Wildman–Crippen LogP) is 1.11. The summed E-state index contributed by atoms with van der Waals surface area (Å²) in [5.41, 5.74) is 1.19. The van der Waals surface area contributed by atoms with Crippen molar-refractivity contribution in [2.24, 2.45) is 0 Å². The molecule has 0 aliphatic rings. The summed E-state index contributed by atoms with van der Waals surface area (Å²) in [6.07, 6.45) is 0.402. The number of aliphatic hydroxyl groups excluding tert-OH is 1. The first-order valence-corrected chi connectivity index (χ1v) is 6.15. The molecule has 0 aliphatic heterocycles. The third-order valence-electron chi connectivity index (χ3n) is 2.63. The summed E-state index contributed by atoms with van der Waals surface area (Å²) in [5, 5.41) is 21.0. The highest BCUT2D eigenvalue weighted by molar-refractivity contribution is 5.15. The number of nitriles is 1. The molecule has 1 aromatic carbocycles. The minimum atomic E-state index is -0.381. The average molecular weight is 248 g/mol. The van der Waals surface area contributed by atoms with Gasteiger partial charge >= 0.3 is 0 Å². The van der Waals surface area contributed by atoms with Crippen molar-refractivity contribution >= 4 is 0 Å². The number of hydrogen-bond donors (Lipinski definition) is 2. The summed E-state index contributed by atoms with van der Waals surface area (Å²) in [5.74, 6) is 0. The Morgan fingerprint density at radius 3 is 2.72 bits per heavy atom. The van der Waals surface area contributed by atoms with Gasteiger partial charge in [-0.3, -0.25) is 0 Å². The molecule has 98 valence electrons. The van der Waals surface area contributed by atoms with Crippen LogP contribution in [0.3, 0.4) is 0 Å². The molecular formula is C14H20N2O2. The second-order valence-corrected chi connectivity index (χ2v) is 4.17. The number of hydrogen-bond acceptors (Lipinski definition) is 4. The van der Waals surface area contributed by atoms with E-state index < -0.39 is 0 Å². The molecule has 0 bridgehead atoms. The lowest BCUT2D eigenvalue weighted by Gasteiger charge is -2.16. The fourth-order valence-corrected chi connectivity index (χ4v) is 1.64. The first-order valence-electron chi connectivity index (χ1n) is 6.15. The Kier molecular flexibility index (Phi) is 7.04. The van der Waals surface area contributed by atoms with Crippen molar-refractivity contribution in [3.8, 4) is 6.07 Å². The van der Waals surface area contributed by atoms with Gasteiger partial charge in [0.05, 0.1) is 19.3 Å². The molecule has 2 unspecified atom stereocenters. The van der Waals surface area contributed by atoms with Gasteiger partial charge in [-0.15, -0.1) is 0 Å². The second kappa shape index (κ2) is 8.65. The van der Waals surface area contributed by atoms with E-state index in [9.17, 15) is 5.11 Å². The maximum Gasteiger partial charge on any atom is 0.141 e. The van der Waals surface area contributed by atoms with Crippen LogP contribution in [0.5, 0.6) is 0 Å². The van der Waals surface area contributed by atoms with Crippen molar-refractivity contribution in [2.75, 3.05) is 19.8 Å². The van der Waals surface area contributed by atoms with Crippen LogP contribution in [0.25, 0.3) is 0 Å². The number of benzene rings is 1. The lowest BCUT2D eigenvalue weighted by Crippen LogP contribution is -2.37. The molecule has 0 aliphatic carbocycles. The van der Waals surface area contributed by atoms with Crippen LogP contribution in [0.4, 0.5) is 0 Å². The van der Waals surface area contributed by atoms with Crippen molar-refractivity contribution in [3.63, 3.8) is 0 Å². The molecule has 0 spiro atoms. The Morgan fingerprint density at radius 1 is 1.39 bits per heavy atom. The lowest BCUT2D eigenvalue weighted by atomic mass is 10.1. The molecule has 2 N–H and O–H groups in total. The summed E-state index contributed by atoms with van der Waals surface area (Å²) in [6, 6.07) is 12.1. The molecule has 0 amide bonds. The van der Waals surface area contributed by atoms with Crippen LogP contribution in [0.15, 0.2) is 30.3 Å². The number of nitrogens with one attached hydrogen (secondary N) is 1. The van der Waals surface area contributed by atoms with Crippen molar-refractivity contribution in [1.29, 1.82) is 5.26 Å². The molecule has 4 heteroatoms. The van der Waals surface area contributed by atoms with E-state index in [-0.39, 0.29) is 18.8 Å². The lowest BCUT2D eigenvalue weighted by molar-refractivity contribution is 0.0999. The fraction of sp³-hybridized carbons (Fsp3) is 0.500. The van der Waals surface area contributed by atoms with E-state index in [1.165, 1.54) is 5.56 Å². The summed E-state index contributed by atoms with van der Waals surface area (Å²) in [6.45, 7) is 2.90. The Balaban J connectivity index is 2.24. The molecule has 0 saturated carbocycles. The molecule has 4 nitrogen and oxygen atoms in total. The smallest absolute Gasteiger partial charge is 0.141 e. The van der Waals surface area contributed by atoms with Gasteiger partial charge < -0.3 is 15.2 Å². The molecule has 1 aromatic rings. The monoisotopic (exact) mass is 248 g/mol. The van der Waals surface area contributed by atoms with Gasteiger partial charge in [-0.05, 0) is 18.9 Å². The molecule has 0 aromatic heterocycles. The first-order chi connectivity index (χ1) is 8.76. The Labute approximate surface area is 108 Å². The SMILES string of the molecule is CC(C#N)OCCNC(CO)Cc1ccccc1. The quantitative estimate of drug-likeness (QED) is 0.676. The van der Waals surface area contributed by atoms with E-state index in [2.05, 4.69) is 5.32 Å². The van der Waals surface area contributed by atoms with E-state index in [0.717, 1.165) is 6.42 Å². The molecular weight excluding hydrogens is 228 g/mol. The third-order valence-corrected chi connectivity index (χ3v) is 2.63. The Hall–Kier alpha value is -1.41. The maximum absolute atomic E-state index is 9.29. The standard InChI is InChI=1S/C14H20N2O2/c1-12(10-15)18-8-7-16-14(11-17)9-13-5-3-2-4-6-13/h2-6,12,14,16-17H,7-9,11H2,1H3. The largest absolute Gasteiger partial charge is 0.395 e. The topological polar surface area (TPSA) is 65.3 Å². The summed E-state index contributed by atoms with van der Waals surface area (Å²) in [4.78, 5) is 0. The number of ether oxygens (including phenoxy) is 1. The highest BCUT2D eigenvalue weighted by atomic mass is 16.5. The van der Waals surface area contributed by atoms with Crippen molar-refractivity contribution in [1.82, 2.24) is 5.32 Å². The molecule has 0 saturated heterocycles. The molecule has 2 atom stereocenters. The predicted molar refractivity (Wildman–Crippen MR) is 70.0 cm³/mol. The Bertz CT molecular complexity index is 362. The number of rotatable bonds is 8. The summed E-state index contributed by atoms with van der Waals surface area (Å²) < 4.78 is 5.23. The second-order valence-electron chi connectivity index (χ2n) is 4.17. The van der Waals surface area contributed by atoms with E-state index in [4.69, 9.17) is 10.00 Å². The van der Waals surface area contributed by atoms with Crippen LogP contribution in [0.2, 0.25) is 0 Å². The van der Waals surface area contributed by atoms with Crippen molar-refractivity contribution < 1.29 is 9.84 Å². The summed E-state index contributed by atoms with van der Waals surface area (Å²) in [7, 11) is 0. The van der Waals surface area contributed by atoms with E-state index in [1.807, 2.05) is 36.4 Å². The van der Waals surface area contributed by atoms with Gasteiger partial charge in [0.25, 0.3) is 0 Å². The zero-order valence-electron chi connectivity index (χ0n) is 10.7. The Morgan fingerprint density at radius 2 is 2.11 bits per heavy atom. The van der Waals surface area contributed by atoms with Gasteiger partial charge in [0.2, 0.25) is 0 Å². The van der Waals surface area contributed by atoms with Crippen LogP contribution in [-0.4, -0.2) is 37.0 Å². The van der Waals surface area contributed by atoms with Crippen LogP contribution in [-0.2, 0) is 11.2 Å². The number of aliphatic hydroxyl groups is 1. The van der Waals surface area contributed by atoms with Gasteiger partial charge in [0.1, 0.15) is 6.10 Å². The molecule has 0 fully saturated rings. The molecule has 1 rings (SSSR count). The third kappa shape index (κ3) is 5.78. The highest BCUT2D eigenvalue weighted by Gasteiger charge is 2.07. The van der Waals surface area contributed by atoms with E-state index >= 15 is 0 Å². The van der Waals surface area contributed by atoms with E-state index in [0.29, 0.717) is 13.2 Å². The van der Waals surface area contributed by atoms with Crippen molar-refractivity contribution in [3.05, 3.63) is 35.9 Å². The summed E-state index contributed by atoms with van der Waals surface area (Å²) >= 11 is 0. The fourth-order valence-electron chi connectivity index (χ4n) is 1.64. The average Bonchev–Trinajstić information content (AvgIpc) is 2.43. The molecule has 18 heavy (non-hydrogen) atoms.